The molecule has 2 aliphatic rings. The first-order valence-electron chi connectivity index (χ1n) is 6.71. The second-order valence-electron chi connectivity index (χ2n) is 6.36. The quantitative estimate of drug-likeness (QED) is 0.660. The van der Waals surface area contributed by atoms with Crippen LogP contribution in [0.2, 0.25) is 0 Å². The van der Waals surface area contributed by atoms with Crippen molar-refractivity contribution >= 4 is 5.78 Å². The van der Waals surface area contributed by atoms with Crippen LogP contribution in [-0.2, 0) is 4.79 Å². The maximum absolute atomic E-state index is 12.3. The molecule has 1 saturated carbocycles. The minimum atomic E-state index is 0.331. The molecule has 0 heterocycles. The molecule has 0 radical (unpaired) electrons. The van der Waals surface area contributed by atoms with Crippen LogP contribution in [0.3, 0.4) is 0 Å². The van der Waals surface area contributed by atoms with E-state index in [0.717, 1.165) is 6.42 Å². The second-order valence-corrected chi connectivity index (χ2v) is 6.36. The van der Waals surface area contributed by atoms with Gasteiger partial charge in [-0.1, -0.05) is 39.8 Å². The number of carbonyl (C=O) groups excluding carboxylic acids is 1. The zero-order chi connectivity index (χ0) is 11.9. The maximum Gasteiger partial charge on any atom is 0.137 e. The van der Waals surface area contributed by atoms with Gasteiger partial charge in [-0.15, -0.1) is 0 Å². The van der Waals surface area contributed by atoms with E-state index in [-0.39, 0.29) is 0 Å². The van der Waals surface area contributed by atoms with Gasteiger partial charge in [0.1, 0.15) is 5.78 Å². The number of ketones is 1. The van der Waals surface area contributed by atoms with Gasteiger partial charge in [0.2, 0.25) is 0 Å². The molecule has 0 aromatic carbocycles. The molecule has 0 amide bonds. The standard InChI is InChI=1S/C15H24O/c1-9(2)7-13(16)15-12-6-5-11(8-12)14(15)10(3)4/h5-6,9-12,14-15H,7-8H2,1-4H3/t11-,12+,14+,15?/m1/s1. The summed E-state index contributed by atoms with van der Waals surface area (Å²) < 4.78 is 0. The van der Waals surface area contributed by atoms with E-state index in [9.17, 15) is 4.79 Å². The van der Waals surface area contributed by atoms with E-state index >= 15 is 0 Å². The van der Waals surface area contributed by atoms with Crippen LogP contribution < -0.4 is 0 Å². The SMILES string of the molecule is CC(C)CC(=O)C1[C@@H](C(C)C)[C@@H]2C=C[C@H]1C2. The summed E-state index contributed by atoms with van der Waals surface area (Å²) in [5.41, 5.74) is 0. The van der Waals surface area contributed by atoms with Crippen molar-refractivity contribution in [3.63, 3.8) is 0 Å². The highest BCUT2D eigenvalue weighted by atomic mass is 16.1. The van der Waals surface area contributed by atoms with Gasteiger partial charge in [-0.2, -0.15) is 0 Å². The van der Waals surface area contributed by atoms with Crippen molar-refractivity contribution < 1.29 is 4.79 Å². The molecular formula is C15H24O. The van der Waals surface area contributed by atoms with Crippen molar-refractivity contribution in [2.45, 2.75) is 40.5 Å². The smallest absolute Gasteiger partial charge is 0.137 e. The Morgan fingerprint density at radius 2 is 1.81 bits per heavy atom. The number of rotatable bonds is 4. The van der Waals surface area contributed by atoms with Crippen LogP contribution in [0.4, 0.5) is 0 Å². The molecule has 4 atom stereocenters. The highest BCUT2D eigenvalue weighted by Crippen LogP contribution is 2.51. The molecule has 1 nitrogen and oxygen atoms in total. The van der Waals surface area contributed by atoms with Gasteiger partial charge in [0.05, 0.1) is 0 Å². The lowest BCUT2D eigenvalue weighted by atomic mass is 9.73. The van der Waals surface area contributed by atoms with Crippen LogP contribution in [0, 0.1) is 35.5 Å². The van der Waals surface area contributed by atoms with Crippen LogP contribution >= 0.6 is 0 Å². The Hall–Kier alpha value is -0.590. The molecule has 0 spiro atoms. The van der Waals surface area contributed by atoms with Gasteiger partial charge in [0, 0.05) is 12.3 Å². The fraction of sp³-hybridized carbons (Fsp3) is 0.800. The highest BCUT2D eigenvalue weighted by Gasteiger charge is 2.48. The van der Waals surface area contributed by atoms with Gasteiger partial charge >= 0.3 is 0 Å². The van der Waals surface area contributed by atoms with Crippen LogP contribution in [0.15, 0.2) is 12.2 Å². The summed E-state index contributed by atoms with van der Waals surface area (Å²) in [6.45, 7) is 8.83. The third kappa shape index (κ3) is 1.97. The first-order valence-corrected chi connectivity index (χ1v) is 6.71. The van der Waals surface area contributed by atoms with Crippen molar-refractivity contribution in [1.82, 2.24) is 0 Å². The maximum atomic E-state index is 12.3. The Morgan fingerprint density at radius 1 is 1.19 bits per heavy atom. The molecule has 0 aliphatic heterocycles. The van der Waals surface area contributed by atoms with Gasteiger partial charge in [-0.25, -0.2) is 0 Å². The number of allylic oxidation sites excluding steroid dienone is 2. The van der Waals surface area contributed by atoms with Crippen LogP contribution in [0.5, 0.6) is 0 Å². The van der Waals surface area contributed by atoms with Crippen molar-refractivity contribution in [2.75, 3.05) is 0 Å². The molecule has 16 heavy (non-hydrogen) atoms. The fourth-order valence-corrected chi connectivity index (χ4v) is 3.76. The summed E-state index contributed by atoms with van der Waals surface area (Å²) in [4.78, 5) is 12.3. The van der Waals surface area contributed by atoms with E-state index in [0.29, 0.717) is 41.3 Å². The highest BCUT2D eigenvalue weighted by molar-refractivity contribution is 5.82. The van der Waals surface area contributed by atoms with Crippen molar-refractivity contribution in [2.24, 2.45) is 35.5 Å². The normalized spacial score (nSPS) is 36.6. The molecule has 1 heteroatoms. The fourth-order valence-electron chi connectivity index (χ4n) is 3.76. The zero-order valence-corrected chi connectivity index (χ0v) is 10.9. The van der Waals surface area contributed by atoms with E-state index in [1.807, 2.05) is 0 Å². The number of hydrogen-bond acceptors (Lipinski definition) is 1. The largest absolute Gasteiger partial charge is 0.299 e. The summed E-state index contributed by atoms with van der Waals surface area (Å²) in [6.07, 6.45) is 6.66. The molecule has 1 unspecified atom stereocenters. The lowest BCUT2D eigenvalue weighted by molar-refractivity contribution is -0.126. The van der Waals surface area contributed by atoms with E-state index < -0.39 is 0 Å². The summed E-state index contributed by atoms with van der Waals surface area (Å²) in [5.74, 6) is 3.85. The van der Waals surface area contributed by atoms with Crippen molar-refractivity contribution in [1.29, 1.82) is 0 Å². The van der Waals surface area contributed by atoms with Gasteiger partial charge in [0.15, 0.2) is 0 Å². The predicted octanol–water partition coefficient (Wildman–Crippen LogP) is 3.70. The van der Waals surface area contributed by atoms with Crippen LogP contribution in [0.25, 0.3) is 0 Å². The van der Waals surface area contributed by atoms with E-state index in [1.54, 1.807) is 0 Å². The minimum absolute atomic E-state index is 0.331. The van der Waals surface area contributed by atoms with Crippen molar-refractivity contribution in [3.05, 3.63) is 12.2 Å². The Bertz CT molecular complexity index is 301. The second kappa shape index (κ2) is 4.35. The van der Waals surface area contributed by atoms with Crippen LogP contribution in [-0.4, -0.2) is 5.78 Å². The molecule has 1 fully saturated rings. The molecule has 2 aliphatic carbocycles. The molecule has 0 aromatic heterocycles. The average molecular weight is 220 g/mol. The Kier molecular flexibility index (Phi) is 3.23. The summed E-state index contributed by atoms with van der Waals surface area (Å²) in [7, 11) is 0. The Balaban J connectivity index is 2.13. The zero-order valence-electron chi connectivity index (χ0n) is 10.9. The van der Waals surface area contributed by atoms with E-state index in [4.69, 9.17) is 0 Å². The predicted molar refractivity (Wildman–Crippen MR) is 67.0 cm³/mol. The molecular weight excluding hydrogens is 196 g/mol. The third-order valence-corrected chi connectivity index (χ3v) is 4.27. The summed E-state index contributed by atoms with van der Waals surface area (Å²) in [6, 6.07) is 0. The molecule has 0 aromatic rings. The minimum Gasteiger partial charge on any atom is -0.299 e. The van der Waals surface area contributed by atoms with Crippen molar-refractivity contribution in [3.8, 4) is 0 Å². The first kappa shape index (κ1) is 11.9. The third-order valence-electron chi connectivity index (χ3n) is 4.27. The molecule has 2 bridgehead atoms. The number of carbonyl (C=O) groups is 1. The van der Waals surface area contributed by atoms with Crippen LogP contribution in [0.1, 0.15) is 40.5 Å². The number of Topliss-reactive ketones (excluding diaryl/α,β-unsaturated/α-hetero) is 1. The monoisotopic (exact) mass is 220 g/mol. The van der Waals surface area contributed by atoms with Gasteiger partial charge < -0.3 is 0 Å². The Labute approximate surface area is 99.3 Å². The summed E-state index contributed by atoms with van der Waals surface area (Å²) >= 11 is 0. The average Bonchev–Trinajstić information content (AvgIpc) is 2.74. The Morgan fingerprint density at radius 3 is 2.38 bits per heavy atom. The number of fused-ring (bicyclic) bond motifs is 2. The summed E-state index contributed by atoms with van der Waals surface area (Å²) in [5, 5.41) is 0. The van der Waals surface area contributed by atoms with Gasteiger partial charge in [-0.3, -0.25) is 4.79 Å². The molecule has 0 saturated heterocycles. The van der Waals surface area contributed by atoms with E-state index in [2.05, 4.69) is 39.8 Å². The number of hydrogen-bond donors (Lipinski definition) is 0. The molecule has 0 N–H and O–H groups in total. The lowest BCUT2D eigenvalue weighted by Gasteiger charge is -2.30. The topological polar surface area (TPSA) is 17.1 Å². The van der Waals surface area contributed by atoms with Gasteiger partial charge in [-0.05, 0) is 36.0 Å². The lowest BCUT2D eigenvalue weighted by Crippen LogP contribution is -2.31. The molecule has 90 valence electrons. The van der Waals surface area contributed by atoms with E-state index in [1.165, 1.54) is 6.42 Å². The molecule has 2 rings (SSSR count). The van der Waals surface area contributed by atoms with Gasteiger partial charge in [0.25, 0.3) is 0 Å². The first-order chi connectivity index (χ1) is 7.50.